The van der Waals surface area contributed by atoms with Crippen LogP contribution >= 0.6 is 11.3 Å². The Morgan fingerprint density at radius 3 is 2.52 bits per heavy atom. The van der Waals surface area contributed by atoms with Crippen LogP contribution in [0.5, 0.6) is 0 Å². The number of carbonyl (C=O) groups is 2. The fourth-order valence-corrected chi connectivity index (χ4v) is 4.10. The molecule has 2 aromatic heterocycles. The monoisotopic (exact) mass is 467 g/mol. The number of hydrogen-bond acceptors (Lipinski definition) is 8. The van der Waals surface area contributed by atoms with E-state index in [1.165, 1.54) is 11.3 Å². The molecule has 0 radical (unpaired) electrons. The van der Waals surface area contributed by atoms with Crippen molar-refractivity contribution in [3.63, 3.8) is 0 Å². The highest BCUT2D eigenvalue weighted by Gasteiger charge is 2.12. The summed E-state index contributed by atoms with van der Waals surface area (Å²) in [5.74, 6) is -0.0880. The summed E-state index contributed by atoms with van der Waals surface area (Å²) >= 11 is 1.32. The van der Waals surface area contributed by atoms with E-state index in [2.05, 4.69) is 25.7 Å². The third-order valence-electron chi connectivity index (χ3n) is 4.96. The van der Waals surface area contributed by atoms with Crippen LogP contribution < -0.4 is 5.32 Å². The Hall–Kier alpha value is -3.04. The minimum Gasteiger partial charge on any atom is -0.383 e. The van der Waals surface area contributed by atoms with E-state index in [0.717, 1.165) is 47.5 Å². The smallest absolute Gasteiger partial charge is 0.282 e. The Kier molecular flexibility index (Phi) is 9.59. The molecule has 0 atom stereocenters. The van der Waals surface area contributed by atoms with Crippen molar-refractivity contribution in [3.05, 3.63) is 68.9 Å². The molecule has 3 rings (SSSR count). The lowest BCUT2D eigenvalue weighted by Gasteiger charge is -2.04. The van der Waals surface area contributed by atoms with Crippen molar-refractivity contribution in [3.8, 4) is 0 Å². The predicted octanol–water partition coefficient (Wildman–Crippen LogP) is 2.93. The topological polar surface area (TPSA) is 107 Å². The van der Waals surface area contributed by atoms with Crippen LogP contribution in [0.2, 0.25) is 0 Å². The number of unbranched alkanes of at least 4 members (excludes halogenated alkanes) is 1. The van der Waals surface area contributed by atoms with Crippen molar-refractivity contribution in [1.29, 1.82) is 0 Å². The Balaban J connectivity index is 1.37. The molecule has 1 aromatic carbocycles. The number of ether oxygens (including phenoxy) is 1. The molecule has 0 aliphatic carbocycles. The predicted molar refractivity (Wildman–Crippen MR) is 126 cm³/mol. The molecule has 0 aliphatic rings. The number of nitrogens with one attached hydrogen (secondary N) is 1. The highest BCUT2D eigenvalue weighted by molar-refractivity contribution is 7.13. The summed E-state index contributed by atoms with van der Waals surface area (Å²) in [5.41, 5.74) is 3.78. The van der Waals surface area contributed by atoms with Crippen molar-refractivity contribution < 1.29 is 14.3 Å². The number of aromatic nitrogens is 4. The van der Waals surface area contributed by atoms with Crippen LogP contribution in [0.1, 0.15) is 50.2 Å². The second-order valence-corrected chi connectivity index (χ2v) is 8.92. The van der Waals surface area contributed by atoms with Gasteiger partial charge < -0.3 is 10.1 Å². The molecule has 8 nitrogen and oxygen atoms in total. The van der Waals surface area contributed by atoms with Crippen molar-refractivity contribution in [1.82, 2.24) is 25.7 Å². The van der Waals surface area contributed by atoms with E-state index in [4.69, 9.17) is 4.74 Å². The molecule has 0 saturated carbocycles. The molecule has 174 valence electrons. The minimum absolute atomic E-state index is 0.131. The molecule has 9 heteroatoms. The first-order valence-corrected chi connectivity index (χ1v) is 11.8. The van der Waals surface area contributed by atoms with Crippen LogP contribution in [0.25, 0.3) is 0 Å². The normalized spacial score (nSPS) is 10.8. The van der Waals surface area contributed by atoms with E-state index in [1.807, 2.05) is 43.3 Å². The van der Waals surface area contributed by atoms with E-state index < -0.39 is 0 Å². The van der Waals surface area contributed by atoms with E-state index in [0.29, 0.717) is 36.7 Å². The maximum Gasteiger partial charge on any atom is 0.282 e. The number of nitrogens with zero attached hydrogens (tertiary/aromatic N) is 4. The van der Waals surface area contributed by atoms with E-state index in [-0.39, 0.29) is 11.7 Å². The van der Waals surface area contributed by atoms with Crippen LogP contribution in [0.15, 0.2) is 36.4 Å². The number of rotatable bonds is 13. The molecule has 0 spiro atoms. The highest BCUT2D eigenvalue weighted by Crippen LogP contribution is 2.14. The maximum atomic E-state index is 12.3. The van der Waals surface area contributed by atoms with Crippen LogP contribution in [0, 0.1) is 6.92 Å². The summed E-state index contributed by atoms with van der Waals surface area (Å²) in [7, 11) is 1.59. The molecule has 0 unspecified atom stereocenters. The Morgan fingerprint density at radius 2 is 1.76 bits per heavy atom. The summed E-state index contributed by atoms with van der Waals surface area (Å²) in [5, 5.41) is 20.5. The number of ketones is 1. The molecule has 2 heterocycles. The summed E-state index contributed by atoms with van der Waals surface area (Å²) in [6, 6.07) is 11.8. The minimum atomic E-state index is -0.219. The molecule has 33 heavy (non-hydrogen) atoms. The number of hydrogen-bond donors (Lipinski definition) is 1. The molecular weight excluding hydrogens is 438 g/mol. The largest absolute Gasteiger partial charge is 0.383 e. The quantitative estimate of drug-likeness (QED) is 0.385. The third-order valence-corrected chi connectivity index (χ3v) is 5.95. The lowest BCUT2D eigenvalue weighted by atomic mass is 10.0. The van der Waals surface area contributed by atoms with E-state index in [9.17, 15) is 9.59 Å². The van der Waals surface area contributed by atoms with Gasteiger partial charge in [0.15, 0.2) is 0 Å². The van der Waals surface area contributed by atoms with E-state index >= 15 is 0 Å². The van der Waals surface area contributed by atoms with Crippen LogP contribution in [0.3, 0.4) is 0 Å². The molecule has 0 fully saturated rings. The first kappa shape index (κ1) is 24.6. The van der Waals surface area contributed by atoms with Crippen LogP contribution in [0.4, 0.5) is 0 Å². The fraction of sp³-hybridized carbons (Fsp3) is 0.417. The third kappa shape index (κ3) is 8.43. The summed E-state index contributed by atoms with van der Waals surface area (Å²) in [6.45, 7) is 2.93. The number of amides is 1. The average Bonchev–Trinajstić information content (AvgIpc) is 3.27. The summed E-state index contributed by atoms with van der Waals surface area (Å²) in [6.07, 6.45) is 4.11. The molecule has 3 aromatic rings. The van der Waals surface area contributed by atoms with Gasteiger partial charge in [0.25, 0.3) is 5.91 Å². The number of methoxy groups -OCH3 is 1. The van der Waals surface area contributed by atoms with Gasteiger partial charge in [0.2, 0.25) is 5.01 Å². The standard InChI is InChI=1S/C24H29N5O3S/c1-17-6-5-7-18(14-17)15-21(30)16-20-11-10-19(26-27-20)8-3-4-9-22-28-29-24(33-22)23(31)25-12-13-32-2/h5-7,10-11,14H,3-4,8-9,12-13,15-16H2,1-2H3,(H,25,31). The van der Waals surface area contributed by atoms with Gasteiger partial charge in [-0.15, -0.1) is 10.2 Å². The molecule has 0 aliphatic heterocycles. The second-order valence-electron chi connectivity index (χ2n) is 7.85. The average molecular weight is 468 g/mol. The summed E-state index contributed by atoms with van der Waals surface area (Å²) in [4.78, 5) is 24.3. The number of benzene rings is 1. The zero-order valence-electron chi connectivity index (χ0n) is 19.0. The van der Waals surface area contributed by atoms with Gasteiger partial charge in [-0.25, -0.2) is 0 Å². The second kappa shape index (κ2) is 12.9. The van der Waals surface area contributed by atoms with Gasteiger partial charge in [-0.2, -0.15) is 10.2 Å². The lowest BCUT2D eigenvalue weighted by Crippen LogP contribution is -2.26. The Bertz CT molecular complexity index is 1050. The zero-order chi connectivity index (χ0) is 23.5. The highest BCUT2D eigenvalue weighted by atomic mass is 32.1. The van der Waals surface area contributed by atoms with E-state index in [1.54, 1.807) is 7.11 Å². The van der Waals surface area contributed by atoms with Crippen molar-refractivity contribution in [2.24, 2.45) is 0 Å². The number of Topliss-reactive ketones (excluding diaryl/α,β-unsaturated/α-hetero) is 1. The number of carbonyl (C=O) groups excluding carboxylic acids is 2. The molecule has 0 saturated heterocycles. The van der Waals surface area contributed by atoms with Gasteiger partial charge in [-0.3, -0.25) is 9.59 Å². The van der Waals surface area contributed by atoms with Gasteiger partial charge >= 0.3 is 0 Å². The first-order chi connectivity index (χ1) is 16.0. The summed E-state index contributed by atoms with van der Waals surface area (Å²) < 4.78 is 4.91. The molecule has 1 N–H and O–H groups in total. The van der Waals surface area contributed by atoms with Crippen LogP contribution in [-0.4, -0.2) is 52.3 Å². The van der Waals surface area contributed by atoms with Crippen molar-refractivity contribution in [2.45, 2.75) is 45.4 Å². The lowest BCUT2D eigenvalue weighted by molar-refractivity contribution is -0.117. The molecule has 1 amide bonds. The van der Waals surface area contributed by atoms with Gasteiger partial charge in [-0.05, 0) is 43.9 Å². The van der Waals surface area contributed by atoms with Crippen molar-refractivity contribution in [2.75, 3.05) is 20.3 Å². The van der Waals surface area contributed by atoms with Crippen molar-refractivity contribution >= 4 is 23.0 Å². The SMILES string of the molecule is COCCNC(=O)c1nnc(CCCCc2ccc(CC(=O)Cc3cccc(C)c3)nn2)s1. The molecular formula is C24H29N5O3S. The zero-order valence-corrected chi connectivity index (χ0v) is 19.9. The Labute approximate surface area is 197 Å². The Morgan fingerprint density at radius 1 is 0.970 bits per heavy atom. The number of aryl methyl sites for hydroxylation is 3. The molecule has 0 bridgehead atoms. The first-order valence-electron chi connectivity index (χ1n) is 11.0. The fourth-order valence-electron chi connectivity index (χ4n) is 3.30. The maximum absolute atomic E-state index is 12.3. The van der Waals surface area contributed by atoms with Gasteiger partial charge in [0.05, 0.1) is 24.4 Å². The van der Waals surface area contributed by atoms with Gasteiger partial charge in [0.1, 0.15) is 10.8 Å². The van der Waals surface area contributed by atoms with Gasteiger partial charge in [0, 0.05) is 26.5 Å². The van der Waals surface area contributed by atoms with Crippen LogP contribution in [-0.2, 0) is 35.2 Å². The van der Waals surface area contributed by atoms with Gasteiger partial charge in [-0.1, -0.05) is 41.2 Å².